The predicted molar refractivity (Wildman–Crippen MR) is 97.3 cm³/mol. The fraction of sp³-hybridized carbons (Fsp3) is 0.444. The van der Waals surface area contributed by atoms with Gasteiger partial charge >= 0.3 is 6.03 Å². The zero-order chi connectivity index (χ0) is 17.9. The molecule has 1 aromatic carbocycles. The number of rotatable bonds is 5. The van der Waals surface area contributed by atoms with E-state index in [1.165, 1.54) is 0 Å². The van der Waals surface area contributed by atoms with Crippen molar-refractivity contribution in [1.29, 1.82) is 0 Å². The highest BCUT2D eigenvalue weighted by atomic mass is 35.5. The van der Waals surface area contributed by atoms with Gasteiger partial charge in [-0.15, -0.1) is 0 Å². The molecule has 1 aromatic heterocycles. The standard InChI is InChI=1S/C18H25ClN4O/c1-12(10-15-6-8-16(19)9-7-15)23(5)18(24)20-13(2)17-11-22(4)21-14(17)3/h6-9,11-13H,10H2,1-5H3,(H,20,24)/t12-,13-/m0/s1. The van der Waals surface area contributed by atoms with E-state index in [9.17, 15) is 4.79 Å². The number of carbonyl (C=O) groups is 1. The van der Waals surface area contributed by atoms with Crippen molar-refractivity contribution in [3.05, 3.63) is 52.3 Å². The lowest BCUT2D eigenvalue weighted by molar-refractivity contribution is 0.190. The second-order valence-corrected chi connectivity index (χ2v) is 6.74. The van der Waals surface area contributed by atoms with E-state index >= 15 is 0 Å². The third kappa shape index (κ3) is 4.51. The van der Waals surface area contributed by atoms with Crippen LogP contribution < -0.4 is 5.32 Å². The Labute approximate surface area is 148 Å². The van der Waals surface area contributed by atoms with Gasteiger partial charge in [-0.1, -0.05) is 23.7 Å². The molecule has 0 aliphatic rings. The van der Waals surface area contributed by atoms with Gasteiger partial charge in [0.1, 0.15) is 0 Å². The lowest BCUT2D eigenvalue weighted by Crippen LogP contribution is -2.44. The monoisotopic (exact) mass is 348 g/mol. The van der Waals surface area contributed by atoms with Gasteiger partial charge in [-0.3, -0.25) is 4.68 Å². The van der Waals surface area contributed by atoms with E-state index < -0.39 is 0 Å². The number of amides is 2. The van der Waals surface area contributed by atoms with Gasteiger partial charge in [0.25, 0.3) is 0 Å². The van der Waals surface area contributed by atoms with Gasteiger partial charge in [0.2, 0.25) is 0 Å². The SMILES string of the molecule is Cc1nn(C)cc1[C@H](C)NC(=O)N(C)[C@@H](C)Cc1ccc(Cl)cc1. The second kappa shape index (κ2) is 7.71. The van der Waals surface area contributed by atoms with Crippen molar-refractivity contribution in [1.82, 2.24) is 20.0 Å². The van der Waals surface area contributed by atoms with Crippen LogP contribution in [0.1, 0.15) is 36.7 Å². The molecule has 0 radical (unpaired) electrons. The van der Waals surface area contributed by atoms with Crippen LogP contribution in [0.25, 0.3) is 0 Å². The Balaban J connectivity index is 1.95. The van der Waals surface area contributed by atoms with Crippen LogP contribution >= 0.6 is 11.6 Å². The molecule has 0 saturated heterocycles. The summed E-state index contributed by atoms with van der Waals surface area (Å²) in [5.74, 6) is 0. The minimum atomic E-state index is -0.0905. The van der Waals surface area contributed by atoms with Gasteiger partial charge < -0.3 is 10.2 Å². The Bertz CT molecular complexity index is 696. The smallest absolute Gasteiger partial charge is 0.317 e. The van der Waals surface area contributed by atoms with Crippen LogP contribution in [-0.4, -0.2) is 33.8 Å². The molecule has 1 N–H and O–H groups in total. The van der Waals surface area contributed by atoms with Crippen molar-refractivity contribution < 1.29 is 4.79 Å². The van der Waals surface area contributed by atoms with E-state index in [2.05, 4.69) is 10.4 Å². The molecular formula is C18H25ClN4O. The largest absolute Gasteiger partial charge is 0.331 e. The van der Waals surface area contributed by atoms with Crippen LogP contribution in [0.15, 0.2) is 30.5 Å². The third-order valence-electron chi connectivity index (χ3n) is 4.28. The molecule has 0 unspecified atom stereocenters. The van der Waals surface area contributed by atoms with Crippen molar-refractivity contribution in [3.63, 3.8) is 0 Å². The van der Waals surface area contributed by atoms with E-state index in [0.29, 0.717) is 0 Å². The van der Waals surface area contributed by atoms with E-state index in [0.717, 1.165) is 28.3 Å². The van der Waals surface area contributed by atoms with Crippen molar-refractivity contribution in [2.75, 3.05) is 7.05 Å². The number of halogens is 1. The van der Waals surface area contributed by atoms with Crippen LogP contribution in [0.3, 0.4) is 0 Å². The highest BCUT2D eigenvalue weighted by Gasteiger charge is 2.20. The summed E-state index contributed by atoms with van der Waals surface area (Å²) in [5, 5.41) is 8.08. The predicted octanol–water partition coefficient (Wildman–Crippen LogP) is 3.72. The number of benzene rings is 1. The van der Waals surface area contributed by atoms with Crippen LogP contribution in [0.5, 0.6) is 0 Å². The average molecular weight is 349 g/mol. The summed E-state index contributed by atoms with van der Waals surface area (Å²) in [4.78, 5) is 14.2. The number of aromatic nitrogens is 2. The number of carbonyl (C=O) groups excluding carboxylic acids is 1. The normalized spacial score (nSPS) is 13.4. The zero-order valence-electron chi connectivity index (χ0n) is 14.9. The van der Waals surface area contributed by atoms with Crippen LogP contribution in [0.4, 0.5) is 4.79 Å². The molecule has 0 bridgehead atoms. The third-order valence-corrected chi connectivity index (χ3v) is 4.54. The number of aryl methyl sites for hydroxylation is 2. The molecule has 2 atom stereocenters. The number of hydrogen-bond donors (Lipinski definition) is 1. The van der Waals surface area contributed by atoms with Gasteiger partial charge in [-0.05, 0) is 44.9 Å². The van der Waals surface area contributed by atoms with Crippen LogP contribution in [0, 0.1) is 6.92 Å². The molecule has 0 aliphatic heterocycles. The van der Waals surface area contributed by atoms with Gasteiger partial charge in [-0.2, -0.15) is 5.10 Å². The lowest BCUT2D eigenvalue weighted by Gasteiger charge is -2.27. The fourth-order valence-corrected chi connectivity index (χ4v) is 2.83. The second-order valence-electron chi connectivity index (χ2n) is 6.31. The molecule has 2 amide bonds. The maximum Gasteiger partial charge on any atom is 0.317 e. The number of hydrogen-bond acceptors (Lipinski definition) is 2. The first-order chi connectivity index (χ1) is 11.3. The molecule has 1 heterocycles. The highest BCUT2D eigenvalue weighted by Crippen LogP contribution is 2.17. The molecule has 5 nitrogen and oxygen atoms in total. The van der Waals surface area contributed by atoms with E-state index in [1.807, 2.05) is 65.3 Å². The highest BCUT2D eigenvalue weighted by molar-refractivity contribution is 6.30. The summed E-state index contributed by atoms with van der Waals surface area (Å²) in [6.45, 7) is 5.96. The molecule has 2 rings (SSSR count). The lowest BCUT2D eigenvalue weighted by atomic mass is 10.1. The number of nitrogens with one attached hydrogen (secondary N) is 1. The molecule has 0 fully saturated rings. The fourth-order valence-electron chi connectivity index (χ4n) is 2.71. The minimum absolute atomic E-state index is 0.0772. The first kappa shape index (κ1) is 18.3. The van der Waals surface area contributed by atoms with Crippen molar-refractivity contribution in [2.24, 2.45) is 7.05 Å². The van der Waals surface area contributed by atoms with Gasteiger partial charge in [0, 0.05) is 36.9 Å². The molecular weight excluding hydrogens is 324 g/mol. The molecule has 130 valence electrons. The Kier molecular flexibility index (Phi) is 5.89. The Hall–Kier alpha value is -2.01. The Morgan fingerprint density at radius 3 is 2.50 bits per heavy atom. The molecule has 24 heavy (non-hydrogen) atoms. The zero-order valence-corrected chi connectivity index (χ0v) is 15.6. The molecule has 0 spiro atoms. The molecule has 0 aliphatic carbocycles. The Morgan fingerprint density at radius 2 is 1.96 bits per heavy atom. The molecule has 0 saturated carbocycles. The van der Waals surface area contributed by atoms with E-state index in [4.69, 9.17) is 11.6 Å². The molecule has 2 aromatic rings. The van der Waals surface area contributed by atoms with Crippen molar-refractivity contribution in [3.8, 4) is 0 Å². The number of urea groups is 1. The number of nitrogens with zero attached hydrogens (tertiary/aromatic N) is 3. The van der Waals surface area contributed by atoms with Crippen molar-refractivity contribution >= 4 is 17.6 Å². The van der Waals surface area contributed by atoms with Crippen molar-refractivity contribution in [2.45, 2.75) is 39.3 Å². The maximum absolute atomic E-state index is 12.5. The van der Waals surface area contributed by atoms with Gasteiger partial charge in [0.05, 0.1) is 11.7 Å². The maximum atomic E-state index is 12.5. The van der Waals surface area contributed by atoms with Crippen LogP contribution in [0.2, 0.25) is 5.02 Å². The van der Waals surface area contributed by atoms with Gasteiger partial charge in [0.15, 0.2) is 0 Å². The topological polar surface area (TPSA) is 50.2 Å². The summed E-state index contributed by atoms with van der Waals surface area (Å²) in [7, 11) is 3.70. The summed E-state index contributed by atoms with van der Waals surface area (Å²) in [6, 6.07) is 7.63. The first-order valence-electron chi connectivity index (χ1n) is 8.06. The summed E-state index contributed by atoms with van der Waals surface area (Å²) >= 11 is 5.91. The summed E-state index contributed by atoms with van der Waals surface area (Å²) in [6.07, 6.45) is 2.72. The first-order valence-corrected chi connectivity index (χ1v) is 8.43. The van der Waals surface area contributed by atoms with Crippen LogP contribution in [-0.2, 0) is 13.5 Å². The Morgan fingerprint density at radius 1 is 1.33 bits per heavy atom. The molecule has 6 heteroatoms. The quantitative estimate of drug-likeness (QED) is 0.895. The van der Waals surface area contributed by atoms with Gasteiger partial charge in [-0.25, -0.2) is 4.79 Å². The van der Waals surface area contributed by atoms with E-state index in [1.54, 1.807) is 9.58 Å². The van der Waals surface area contributed by atoms with E-state index in [-0.39, 0.29) is 18.1 Å². The summed E-state index contributed by atoms with van der Waals surface area (Å²) in [5.41, 5.74) is 3.12. The average Bonchev–Trinajstić information content (AvgIpc) is 2.87. The minimum Gasteiger partial charge on any atom is -0.331 e. The number of likely N-dealkylation sites (N-methyl/N-ethyl adjacent to an activating group) is 1. The summed E-state index contributed by atoms with van der Waals surface area (Å²) < 4.78 is 1.76.